The van der Waals surface area contributed by atoms with E-state index in [1.807, 2.05) is 12.1 Å². The molecule has 3 rings (SSSR count). The molecule has 1 N–H and O–H groups in total. The van der Waals surface area contributed by atoms with E-state index in [4.69, 9.17) is 16.3 Å². The maximum atomic E-state index is 13.0. The van der Waals surface area contributed by atoms with Gasteiger partial charge in [-0.15, -0.1) is 0 Å². The van der Waals surface area contributed by atoms with Gasteiger partial charge >= 0.3 is 5.97 Å². The van der Waals surface area contributed by atoms with Gasteiger partial charge in [-0.05, 0) is 57.5 Å². The molecule has 2 amide bonds. The second-order valence-electron chi connectivity index (χ2n) is 8.26. The Kier molecular flexibility index (Phi) is 8.70. The molecule has 2 aliphatic rings. The fraction of sp³-hybridized carbons (Fsp3) is 0.542. The lowest BCUT2D eigenvalue weighted by molar-refractivity contribution is -0.141. The first-order valence-electron chi connectivity index (χ1n) is 11.3. The SMILES string of the molecule is CCOC(=O)C1=C(C)N(CC(=O)NCCN2CCCCC2)C(=O)CC1c1ccc(Cl)cc1. The van der Waals surface area contributed by atoms with Crippen molar-refractivity contribution in [2.75, 3.05) is 39.3 Å². The highest BCUT2D eigenvalue weighted by Crippen LogP contribution is 2.37. The van der Waals surface area contributed by atoms with Crippen molar-refractivity contribution in [2.45, 2.75) is 45.4 Å². The third kappa shape index (κ3) is 6.11. The fourth-order valence-electron chi connectivity index (χ4n) is 4.39. The molecule has 8 heteroatoms. The smallest absolute Gasteiger partial charge is 0.336 e. The summed E-state index contributed by atoms with van der Waals surface area (Å²) >= 11 is 6.00. The number of benzene rings is 1. The van der Waals surface area contributed by atoms with Crippen LogP contribution in [0.15, 0.2) is 35.5 Å². The van der Waals surface area contributed by atoms with Crippen molar-refractivity contribution in [3.05, 3.63) is 46.1 Å². The van der Waals surface area contributed by atoms with Gasteiger partial charge in [0.05, 0.1) is 12.2 Å². The second-order valence-corrected chi connectivity index (χ2v) is 8.70. The molecule has 1 aromatic rings. The number of amides is 2. The first kappa shape index (κ1) is 24.3. The second kappa shape index (κ2) is 11.5. The maximum absolute atomic E-state index is 13.0. The van der Waals surface area contributed by atoms with Crippen LogP contribution in [0.4, 0.5) is 0 Å². The third-order valence-electron chi connectivity index (χ3n) is 6.09. The molecule has 2 heterocycles. The molecular formula is C24H32ClN3O4. The number of allylic oxidation sites excluding steroid dienone is 1. The van der Waals surface area contributed by atoms with Crippen LogP contribution in [-0.4, -0.2) is 66.9 Å². The molecule has 1 atom stereocenters. The molecule has 2 aliphatic heterocycles. The van der Waals surface area contributed by atoms with E-state index in [9.17, 15) is 14.4 Å². The number of halogens is 1. The molecule has 0 spiro atoms. The van der Waals surface area contributed by atoms with Crippen LogP contribution in [0.5, 0.6) is 0 Å². The molecule has 32 heavy (non-hydrogen) atoms. The number of piperidine rings is 1. The van der Waals surface area contributed by atoms with Crippen LogP contribution in [-0.2, 0) is 19.1 Å². The van der Waals surface area contributed by atoms with Crippen molar-refractivity contribution in [1.29, 1.82) is 0 Å². The lowest BCUT2D eigenvalue weighted by Crippen LogP contribution is -2.45. The number of carbonyl (C=O) groups is 3. The summed E-state index contributed by atoms with van der Waals surface area (Å²) < 4.78 is 5.28. The van der Waals surface area contributed by atoms with Crippen LogP contribution in [0.2, 0.25) is 5.02 Å². The number of esters is 1. The van der Waals surface area contributed by atoms with Gasteiger partial charge in [-0.1, -0.05) is 30.2 Å². The molecule has 0 aliphatic carbocycles. The average molecular weight is 462 g/mol. The molecule has 1 saturated heterocycles. The van der Waals surface area contributed by atoms with Gasteiger partial charge < -0.3 is 19.9 Å². The minimum atomic E-state index is -0.465. The third-order valence-corrected chi connectivity index (χ3v) is 6.34. The van der Waals surface area contributed by atoms with Gasteiger partial charge in [0.25, 0.3) is 0 Å². The molecule has 0 radical (unpaired) electrons. The van der Waals surface area contributed by atoms with E-state index in [2.05, 4.69) is 10.2 Å². The largest absolute Gasteiger partial charge is 0.463 e. The Morgan fingerprint density at radius 2 is 1.84 bits per heavy atom. The van der Waals surface area contributed by atoms with E-state index in [-0.39, 0.29) is 31.4 Å². The summed E-state index contributed by atoms with van der Waals surface area (Å²) in [5, 5.41) is 3.49. The Morgan fingerprint density at radius 3 is 2.50 bits per heavy atom. The number of carbonyl (C=O) groups excluding carboxylic acids is 3. The Morgan fingerprint density at radius 1 is 1.16 bits per heavy atom. The molecule has 1 aromatic carbocycles. The van der Waals surface area contributed by atoms with Gasteiger partial charge in [0.15, 0.2) is 0 Å². The number of hydrogen-bond donors (Lipinski definition) is 1. The van der Waals surface area contributed by atoms with Gasteiger partial charge in [0.2, 0.25) is 11.8 Å². The van der Waals surface area contributed by atoms with Crippen molar-refractivity contribution < 1.29 is 19.1 Å². The molecule has 0 bridgehead atoms. The Hall–Kier alpha value is -2.38. The van der Waals surface area contributed by atoms with E-state index < -0.39 is 11.9 Å². The zero-order valence-corrected chi connectivity index (χ0v) is 19.6. The highest BCUT2D eigenvalue weighted by Gasteiger charge is 2.37. The zero-order chi connectivity index (χ0) is 23.1. The predicted octanol–water partition coefficient (Wildman–Crippen LogP) is 3.10. The topological polar surface area (TPSA) is 79.0 Å². The first-order chi connectivity index (χ1) is 15.4. The normalized spacial score (nSPS) is 19.8. The quantitative estimate of drug-likeness (QED) is 0.602. The zero-order valence-electron chi connectivity index (χ0n) is 18.9. The van der Waals surface area contributed by atoms with E-state index in [1.54, 1.807) is 26.0 Å². The summed E-state index contributed by atoms with van der Waals surface area (Å²) in [7, 11) is 0. The van der Waals surface area contributed by atoms with Gasteiger partial charge in [0, 0.05) is 36.1 Å². The van der Waals surface area contributed by atoms with E-state index in [1.165, 1.54) is 24.2 Å². The maximum Gasteiger partial charge on any atom is 0.336 e. The monoisotopic (exact) mass is 461 g/mol. The number of ether oxygens (including phenoxy) is 1. The highest BCUT2D eigenvalue weighted by atomic mass is 35.5. The van der Waals surface area contributed by atoms with Crippen LogP contribution >= 0.6 is 11.6 Å². The highest BCUT2D eigenvalue weighted by molar-refractivity contribution is 6.30. The Labute approximate surface area is 194 Å². The standard InChI is InChI=1S/C24H32ClN3O4/c1-3-32-24(31)23-17(2)28(16-21(29)26-11-14-27-12-5-4-6-13-27)22(30)15-20(23)18-7-9-19(25)10-8-18/h7-10,20H,3-6,11-16H2,1-2H3,(H,26,29). The lowest BCUT2D eigenvalue weighted by atomic mass is 9.83. The van der Waals surface area contributed by atoms with Crippen LogP contribution < -0.4 is 5.32 Å². The Balaban J connectivity index is 1.72. The van der Waals surface area contributed by atoms with Gasteiger partial charge in [-0.2, -0.15) is 0 Å². The lowest BCUT2D eigenvalue weighted by Gasteiger charge is -2.34. The molecule has 0 saturated carbocycles. The van der Waals surface area contributed by atoms with Crippen molar-refractivity contribution in [1.82, 2.24) is 15.1 Å². The molecule has 174 valence electrons. The summed E-state index contributed by atoms with van der Waals surface area (Å²) in [6.07, 6.45) is 3.76. The van der Waals surface area contributed by atoms with Crippen LogP contribution in [0.25, 0.3) is 0 Å². The molecule has 0 aromatic heterocycles. The van der Waals surface area contributed by atoms with E-state index in [0.29, 0.717) is 22.8 Å². The summed E-state index contributed by atoms with van der Waals surface area (Å²) in [5.74, 6) is -1.32. The number of likely N-dealkylation sites (tertiary alicyclic amines) is 1. The van der Waals surface area contributed by atoms with E-state index >= 15 is 0 Å². The van der Waals surface area contributed by atoms with Gasteiger partial charge in [0.1, 0.15) is 6.54 Å². The fourth-order valence-corrected chi connectivity index (χ4v) is 4.52. The number of hydrogen-bond acceptors (Lipinski definition) is 5. The molecule has 1 unspecified atom stereocenters. The predicted molar refractivity (Wildman–Crippen MR) is 123 cm³/mol. The minimum Gasteiger partial charge on any atom is -0.463 e. The summed E-state index contributed by atoms with van der Waals surface area (Å²) in [5.41, 5.74) is 1.69. The first-order valence-corrected chi connectivity index (χ1v) is 11.7. The number of nitrogens with zero attached hydrogens (tertiary/aromatic N) is 2. The van der Waals surface area contributed by atoms with Crippen molar-refractivity contribution in [3.63, 3.8) is 0 Å². The Bertz CT molecular complexity index is 863. The average Bonchev–Trinajstić information content (AvgIpc) is 2.77. The van der Waals surface area contributed by atoms with Gasteiger partial charge in [-0.25, -0.2) is 4.79 Å². The summed E-state index contributed by atoms with van der Waals surface area (Å²) in [4.78, 5) is 42.1. The van der Waals surface area contributed by atoms with Crippen LogP contribution in [0.1, 0.15) is 51.0 Å². The summed E-state index contributed by atoms with van der Waals surface area (Å²) in [6.45, 7) is 7.05. The van der Waals surface area contributed by atoms with Crippen LogP contribution in [0, 0.1) is 0 Å². The number of nitrogens with one attached hydrogen (secondary N) is 1. The number of rotatable bonds is 8. The van der Waals surface area contributed by atoms with E-state index in [0.717, 1.165) is 25.2 Å². The molecular weight excluding hydrogens is 430 g/mol. The van der Waals surface area contributed by atoms with Gasteiger partial charge in [-0.3, -0.25) is 9.59 Å². The minimum absolute atomic E-state index is 0.0914. The van der Waals surface area contributed by atoms with Crippen molar-refractivity contribution >= 4 is 29.4 Å². The van der Waals surface area contributed by atoms with Crippen LogP contribution in [0.3, 0.4) is 0 Å². The molecule has 1 fully saturated rings. The molecule has 7 nitrogen and oxygen atoms in total. The van der Waals surface area contributed by atoms with Crippen molar-refractivity contribution in [2.24, 2.45) is 0 Å². The summed E-state index contributed by atoms with van der Waals surface area (Å²) in [6, 6.07) is 7.11. The van der Waals surface area contributed by atoms with Crippen molar-refractivity contribution in [3.8, 4) is 0 Å².